The first-order valence-corrected chi connectivity index (χ1v) is 7.69. The molecule has 0 aromatic carbocycles. The SMILES string of the molecule is COCCOCOc1c(C(C)(C)C)nc(C=O)nc1C(C)(C)C. The van der Waals surface area contributed by atoms with E-state index in [0.29, 0.717) is 36.6 Å². The number of nitrogens with zero attached hydrogens (tertiary/aromatic N) is 2. The minimum Gasteiger partial charge on any atom is -0.464 e. The van der Waals surface area contributed by atoms with Crippen molar-refractivity contribution in [2.75, 3.05) is 27.1 Å². The molecule has 0 saturated heterocycles. The van der Waals surface area contributed by atoms with Gasteiger partial charge in [0.2, 0.25) is 0 Å². The van der Waals surface area contributed by atoms with Crippen LogP contribution in [0.1, 0.15) is 63.5 Å². The molecule has 0 amide bonds. The fraction of sp³-hybridized carbons (Fsp3) is 0.706. The zero-order valence-corrected chi connectivity index (χ0v) is 15.2. The summed E-state index contributed by atoms with van der Waals surface area (Å²) in [6.45, 7) is 13.2. The summed E-state index contributed by atoms with van der Waals surface area (Å²) in [5, 5.41) is 0. The average molecular weight is 324 g/mol. The van der Waals surface area contributed by atoms with Gasteiger partial charge in [0.05, 0.1) is 24.6 Å². The highest BCUT2D eigenvalue weighted by atomic mass is 16.7. The third-order valence-electron chi connectivity index (χ3n) is 3.13. The van der Waals surface area contributed by atoms with Gasteiger partial charge in [-0.2, -0.15) is 0 Å². The summed E-state index contributed by atoms with van der Waals surface area (Å²) in [7, 11) is 1.62. The summed E-state index contributed by atoms with van der Waals surface area (Å²) >= 11 is 0. The zero-order valence-electron chi connectivity index (χ0n) is 15.2. The van der Waals surface area contributed by atoms with Crippen LogP contribution in [0.4, 0.5) is 0 Å². The Bertz CT molecular complexity index is 495. The molecule has 0 unspecified atom stereocenters. The van der Waals surface area contributed by atoms with Gasteiger partial charge in [-0.1, -0.05) is 41.5 Å². The van der Waals surface area contributed by atoms with Crippen molar-refractivity contribution < 1.29 is 19.0 Å². The van der Waals surface area contributed by atoms with E-state index in [0.717, 1.165) is 0 Å². The van der Waals surface area contributed by atoms with Crippen LogP contribution in [0, 0.1) is 0 Å². The molecule has 1 aromatic heterocycles. The molecule has 6 heteroatoms. The quantitative estimate of drug-likeness (QED) is 0.436. The zero-order chi connectivity index (χ0) is 17.7. The molecular formula is C17H28N2O4. The Morgan fingerprint density at radius 2 is 1.48 bits per heavy atom. The molecular weight excluding hydrogens is 296 g/mol. The van der Waals surface area contributed by atoms with Crippen molar-refractivity contribution in [3.05, 3.63) is 17.2 Å². The Kier molecular flexibility index (Phi) is 6.65. The lowest BCUT2D eigenvalue weighted by Gasteiger charge is -2.27. The number of aromatic nitrogens is 2. The van der Waals surface area contributed by atoms with Gasteiger partial charge in [-0.15, -0.1) is 0 Å². The molecule has 1 rings (SSSR count). The van der Waals surface area contributed by atoms with E-state index in [1.54, 1.807) is 7.11 Å². The maximum absolute atomic E-state index is 11.2. The molecule has 0 saturated carbocycles. The van der Waals surface area contributed by atoms with Crippen molar-refractivity contribution in [1.29, 1.82) is 0 Å². The van der Waals surface area contributed by atoms with Crippen LogP contribution in [0.2, 0.25) is 0 Å². The van der Waals surface area contributed by atoms with Gasteiger partial charge in [0.25, 0.3) is 0 Å². The van der Waals surface area contributed by atoms with E-state index in [9.17, 15) is 4.79 Å². The summed E-state index contributed by atoms with van der Waals surface area (Å²) in [6.07, 6.45) is 0.670. The minimum atomic E-state index is -0.289. The monoisotopic (exact) mass is 324 g/mol. The fourth-order valence-electron chi connectivity index (χ4n) is 1.98. The molecule has 0 radical (unpaired) electrons. The lowest BCUT2D eigenvalue weighted by Crippen LogP contribution is -2.25. The number of ether oxygens (including phenoxy) is 3. The van der Waals surface area contributed by atoms with Gasteiger partial charge in [0.15, 0.2) is 24.7 Å². The van der Waals surface area contributed by atoms with Crippen molar-refractivity contribution in [1.82, 2.24) is 9.97 Å². The van der Waals surface area contributed by atoms with E-state index in [-0.39, 0.29) is 23.4 Å². The van der Waals surface area contributed by atoms with E-state index < -0.39 is 0 Å². The second kappa shape index (κ2) is 7.84. The van der Waals surface area contributed by atoms with Gasteiger partial charge in [-0.05, 0) is 0 Å². The number of carbonyl (C=O) groups is 1. The van der Waals surface area contributed by atoms with Crippen molar-refractivity contribution in [3.8, 4) is 5.75 Å². The number of hydrogen-bond acceptors (Lipinski definition) is 6. The molecule has 0 bridgehead atoms. The Hall–Kier alpha value is -1.53. The van der Waals surface area contributed by atoms with Crippen molar-refractivity contribution in [2.24, 2.45) is 0 Å². The third kappa shape index (κ3) is 5.55. The molecule has 0 aliphatic carbocycles. The Morgan fingerprint density at radius 1 is 0.957 bits per heavy atom. The lowest BCUT2D eigenvalue weighted by atomic mass is 9.85. The summed E-state index contributed by atoms with van der Waals surface area (Å²) in [5.41, 5.74) is 0.829. The fourth-order valence-corrected chi connectivity index (χ4v) is 1.98. The summed E-state index contributed by atoms with van der Waals surface area (Å²) in [5.74, 6) is 0.764. The molecule has 130 valence electrons. The van der Waals surface area contributed by atoms with Crippen molar-refractivity contribution in [3.63, 3.8) is 0 Å². The van der Waals surface area contributed by atoms with E-state index in [2.05, 4.69) is 9.97 Å². The van der Waals surface area contributed by atoms with Crippen molar-refractivity contribution in [2.45, 2.75) is 52.4 Å². The van der Waals surface area contributed by atoms with Gasteiger partial charge < -0.3 is 14.2 Å². The van der Waals surface area contributed by atoms with Crippen LogP contribution in [0.25, 0.3) is 0 Å². The molecule has 0 aliphatic heterocycles. The van der Waals surface area contributed by atoms with Crippen LogP contribution < -0.4 is 4.74 Å². The maximum Gasteiger partial charge on any atom is 0.193 e. The number of aldehydes is 1. The van der Waals surface area contributed by atoms with Crippen LogP contribution >= 0.6 is 0 Å². The topological polar surface area (TPSA) is 70.5 Å². The molecule has 1 heterocycles. The standard InChI is InChI=1S/C17H28N2O4/c1-16(2,3)14-13(23-11-22-9-8-21-7)15(17(4,5)6)19-12(10-20)18-14/h10H,8-9,11H2,1-7H3. The van der Waals surface area contributed by atoms with E-state index in [1.807, 2.05) is 41.5 Å². The van der Waals surface area contributed by atoms with Crippen LogP contribution in [-0.2, 0) is 20.3 Å². The van der Waals surface area contributed by atoms with E-state index in [4.69, 9.17) is 14.2 Å². The Labute approximate surface area is 138 Å². The first kappa shape index (κ1) is 19.5. The number of carbonyl (C=O) groups excluding carboxylic acids is 1. The largest absolute Gasteiger partial charge is 0.464 e. The van der Waals surface area contributed by atoms with E-state index in [1.165, 1.54) is 0 Å². The highest BCUT2D eigenvalue weighted by Gasteiger charge is 2.30. The number of hydrogen-bond donors (Lipinski definition) is 0. The highest BCUT2D eigenvalue weighted by molar-refractivity contribution is 5.69. The molecule has 0 spiro atoms. The average Bonchev–Trinajstić information content (AvgIpc) is 2.44. The molecule has 0 atom stereocenters. The summed E-state index contributed by atoms with van der Waals surface area (Å²) in [4.78, 5) is 19.9. The molecule has 0 N–H and O–H groups in total. The van der Waals surface area contributed by atoms with Gasteiger partial charge >= 0.3 is 0 Å². The van der Waals surface area contributed by atoms with Crippen LogP contribution in [0.15, 0.2) is 0 Å². The maximum atomic E-state index is 11.2. The van der Waals surface area contributed by atoms with Crippen LogP contribution in [0.5, 0.6) is 5.75 Å². The van der Waals surface area contributed by atoms with Gasteiger partial charge in [0.1, 0.15) is 0 Å². The smallest absolute Gasteiger partial charge is 0.193 e. The molecule has 0 fully saturated rings. The third-order valence-corrected chi connectivity index (χ3v) is 3.13. The Balaban J connectivity index is 3.23. The van der Waals surface area contributed by atoms with Gasteiger partial charge in [-0.3, -0.25) is 4.79 Å². The predicted molar refractivity (Wildman–Crippen MR) is 88.1 cm³/mol. The molecule has 0 aliphatic rings. The highest BCUT2D eigenvalue weighted by Crippen LogP contribution is 2.37. The normalized spacial score (nSPS) is 12.3. The predicted octanol–water partition coefficient (Wildman–Crippen LogP) is 2.88. The summed E-state index contributed by atoms with van der Waals surface area (Å²) < 4.78 is 16.2. The second-order valence-corrected chi connectivity index (χ2v) is 7.39. The lowest BCUT2D eigenvalue weighted by molar-refractivity contribution is -0.0104. The van der Waals surface area contributed by atoms with Gasteiger partial charge in [-0.25, -0.2) is 9.97 Å². The summed E-state index contributed by atoms with van der Waals surface area (Å²) in [6, 6.07) is 0. The molecule has 1 aromatic rings. The molecule has 23 heavy (non-hydrogen) atoms. The van der Waals surface area contributed by atoms with Crippen molar-refractivity contribution >= 4 is 6.29 Å². The minimum absolute atomic E-state index is 0.0827. The Morgan fingerprint density at radius 3 is 1.87 bits per heavy atom. The first-order valence-electron chi connectivity index (χ1n) is 7.69. The van der Waals surface area contributed by atoms with E-state index >= 15 is 0 Å². The molecule has 6 nitrogen and oxygen atoms in total. The number of methoxy groups -OCH3 is 1. The first-order chi connectivity index (χ1) is 10.6. The van der Waals surface area contributed by atoms with Crippen LogP contribution in [0.3, 0.4) is 0 Å². The second-order valence-electron chi connectivity index (χ2n) is 7.39. The van der Waals surface area contributed by atoms with Gasteiger partial charge in [0, 0.05) is 17.9 Å². The number of rotatable bonds is 7. The van der Waals surface area contributed by atoms with Crippen LogP contribution in [-0.4, -0.2) is 43.4 Å².